The molecule has 0 saturated heterocycles. The summed E-state index contributed by atoms with van der Waals surface area (Å²) in [6.45, 7) is 3.39. The number of nitro groups is 1. The Labute approximate surface area is 104 Å². The lowest BCUT2D eigenvalue weighted by Gasteiger charge is -2.20. The second-order valence-electron chi connectivity index (χ2n) is 3.17. The maximum absolute atomic E-state index is 10.9. The van der Waals surface area contributed by atoms with Crippen molar-refractivity contribution in [3.8, 4) is 0 Å². The van der Waals surface area contributed by atoms with Crippen molar-refractivity contribution in [3.63, 3.8) is 0 Å². The number of ether oxygens (including phenoxy) is 1. The summed E-state index contributed by atoms with van der Waals surface area (Å²) >= 11 is 5.71. The number of nitrogens with zero attached hydrogens (tertiary/aromatic N) is 4. The summed E-state index contributed by atoms with van der Waals surface area (Å²) < 4.78 is 4.94. The highest BCUT2D eigenvalue weighted by molar-refractivity contribution is 6.31. The van der Waals surface area contributed by atoms with Gasteiger partial charge in [-0.15, -0.1) is 0 Å². The monoisotopic (exact) mass is 260 g/mol. The SMILES string of the molecule is CCN(CCOC)c1ncnc(Cl)c1[N+](=O)[O-]. The Kier molecular flexibility index (Phi) is 5.05. The third kappa shape index (κ3) is 3.24. The van der Waals surface area contributed by atoms with Crippen LogP contribution in [0, 0.1) is 10.1 Å². The van der Waals surface area contributed by atoms with E-state index in [-0.39, 0.29) is 16.7 Å². The van der Waals surface area contributed by atoms with Crippen LogP contribution in [0.2, 0.25) is 5.15 Å². The fourth-order valence-electron chi connectivity index (χ4n) is 1.35. The van der Waals surface area contributed by atoms with Crippen LogP contribution in [0.3, 0.4) is 0 Å². The quantitative estimate of drug-likeness (QED) is 0.438. The van der Waals surface area contributed by atoms with E-state index in [4.69, 9.17) is 16.3 Å². The number of aromatic nitrogens is 2. The Bertz CT molecular complexity index is 402. The molecule has 0 radical (unpaired) electrons. The van der Waals surface area contributed by atoms with Crippen molar-refractivity contribution in [2.24, 2.45) is 0 Å². The Morgan fingerprint density at radius 2 is 2.29 bits per heavy atom. The maximum atomic E-state index is 10.9. The Morgan fingerprint density at radius 3 is 2.82 bits per heavy atom. The summed E-state index contributed by atoms with van der Waals surface area (Å²) in [6.07, 6.45) is 1.21. The number of anilines is 1. The smallest absolute Gasteiger partial charge is 0.348 e. The number of methoxy groups -OCH3 is 1. The van der Waals surface area contributed by atoms with Crippen LogP contribution < -0.4 is 4.90 Å². The van der Waals surface area contributed by atoms with Gasteiger partial charge in [0.05, 0.1) is 11.5 Å². The van der Waals surface area contributed by atoms with Crippen molar-refractivity contribution in [3.05, 3.63) is 21.6 Å². The molecule has 0 saturated carbocycles. The molecule has 0 bridgehead atoms. The normalized spacial score (nSPS) is 10.3. The lowest BCUT2D eigenvalue weighted by atomic mass is 10.4. The van der Waals surface area contributed by atoms with Crippen molar-refractivity contribution in [1.82, 2.24) is 9.97 Å². The summed E-state index contributed by atoms with van der Waals surface area (Å²) in [5.74, 6) is 0.217. The zero-order valence-corrected chi connectivity index (χ0v) is 10.3. The van der Waals surface area contributed by atoms with Crippen molar-refractivity contribution in [1.29, 1.82) is 0 Å². The average molecular weight is 261 g/mol. The van der Waals surface area contributed by atoms with Gasteiger partial charge in [-0.1, -0.05) is 11.6 Å². The summed E-state index contributed by atoms with van der Waals surface area (Å²) in [5, 5.41) is 10.8. The molecule has 1 aromatic rings. The molecule has 0 spiro atoms. The predicted molar refractivity (Wildman–Crippen MR) is 63.5 cm³/mol. The molecular formula is C9H13ClN4O3. The van der Waals surface area contributed by atoms with Crippen LogP contribution in [0.15, 0.2) is 6.33 Å². The van der Waals surface area contributed by atoms with Crippen molar-refractivity contribution in [2.75, 3.05) is 31.7 Å². The molecule has 0 atom stereocenters. The van der Waals surface area contributed by atoms with Crippen LogP contribution >= 0.6 is 11.6 Å². The molecule has 1 heterocycles. The van der Waals surface area contributed by atoms with Crippen LogP contribution in [0.4, 0.5) is 11.5 Å². The van der Waals surface area contributed by atoms with Gasteiger partial charge in [0.2, 0.25) is 11.0 Å². The maximum Gasteiger partial charge on any atom is 0.348 e. The van der Waals surface area contributed by atoms with Crippen LogP contribution in [-0.4, -0.2) is 41.7 Å². The average Bonchev–Trinajstić information content (AvgIpc) is 2.29. The second-order valence-corrected chi connectivity index (χ2v) is 3.52. The number of hydrogen-bond donors (Lipinski definition) is 0. The molecule has 0 aliphatic carbocycles. The molecule has 1 rings (SSSR count). The van der Waals surface area contributed by atoms with Gasteiger partial charge in [0.25, 0.3) is 0 Å². The fourth-order valence-corrected chi connectivity index (χ4v) is 1.55. The van der Waals surface area contributed by atoms with E-state index in [1.54, 1.807) is 12.0 Å². The molecule has 0 aliphatic rings. The van der Waals surface area contributed by atoms with E-state index in [1.807, 2.05) is 6.92 Å². The third-order valence-electron chi connectivity index (χ3n) is 2.19. The standard InChI is InChI=1S/C9H13ClN4O3/c1-3-13(4-5-17-2)9-7(14(15)16)8(10)11-6-12-9/h6H,3-5H2,1-2H3. The Balaban J connectivity index is 3.09. The van der Waals surface area contributed by atoms with Gasteiger partial charge in [-0.25, -0.2) is 9.97 Å². The Hall–Kier alpha value is -1.47. The summed E-state index contributed by atoms with van der Waals surface area (Å²) in [7, 11) is 1.56. The van der Waals surface area contributed by atoms with Crippen LogP contribution in [0.25, 0.3) is 0 Å². The van der Waals surface area contributed by atoms with Gasteiger partial charge in [0.1, 0.15) is 6.33 Å². The van der Waals surface area contributed by atoms with Crippen LogP contribution in [-0.2, 0) is 4.74 Å². The minimum absolute atomic E-state index is 0.157. The van der Waals surface area contributed by atoms with Gasteiger partial charge >= 0.3 is 5.69 Å². The van der Waals surface area contributed by atoms with Gasteiger partial charge < -0.3 is 9.64 Å². The summed E-state index contributed by atoms with van der Waals surface area (Å²) in [5.41, 5.74) is -0.271. The first-order chi connectivity index (χ1) is 8.11. The number of rotatable bonds is 6. The second kappa shape index (κ2) is 6.31. The molecule has 7 nitrogen and oxygen atoms in total. The van der Waals surface area contributed by atoms with Gasteiger partial charge in [0, 0.05) is 20.2 Å². The highest BCUT2D eigenvalue weighted by atomic mass is 35.5. The molecule has 0 aromatic carbocycles. The largest absolute Gasteiger partial charge is 0.383 e. The summed E-state index contributed by atoms with van der Waals surface area (Å²) in [6, 6.07) is 0. The Morgan fingerprint density at radius 1 is 1.59 bits per heavy atom. The first-order valence-electron chi connectivity index (χ1n) is 5.00. The zero-order valence-electron chi connectivity index (χ0n) is 9.59. The van der Waals surface area contributed by atoms with Crippen molar-refractivity contribution < 1.29 is 9.66 Å². The number of likely N-dealkylation sites (N-methyl/N-ethyl adjacent to an activating group) is 1. The van der Waals surface area contributed by atoms with Gasteiger partial charge in [0.15, 0.2) is 0 Å². The highest BCUT2D eigenvalue weighted by Gasteiger charge is 2.25. The van der Waals surface area contributed by atoms with E-state index in [1.165, 1.54) is 6.33 Å². The van der Waals surface area contributed by atoms with E-state index in [2.05, 4.69) is 9.97 Å². The summed E-state index contributed by atoms with van der Waals surface area (Å²) in [4.78, 5) is 19.6. The molecule has 0 unspecified atom stereocenters. The first kappa shape index (κ1) is 13.6. The van der Waals surface area contributed by atoms with Crippen LogP contribution in [0.1, 0.15) is 6.92 Å². The van der Waals surface area contributed by atoms with Gasteiger partial charge in [-0.05, 0) is 6.92 Å². The van der Waals surface area contributed by atoms with Crippen LogP contribution in [0.5, 0.6) is 0 Å². The highest BCUT2D eigenvalue weighted by Crippen LogP contribution is 2.30. The zero-order chi connectivity index (χ0) is 12.8. The molecule has 1 aromatic heterocycles. The number of hydrogen-bond acceptors (Lipinski definition) is 6. The molecule has 94 valence electrons. The van der Waals surface area contributed by atoms with E-state index in [0.717, 1.165) is 0 Å². The van der Waals surface area contributed by atoms with E-state index in [0.29, 0.717) is 19.7 Å². The predicted octanol–water partition coefficient (Wildman–Crippen LogP) is 1.51. The third-order valence-corrected chi connectivity index (χ3v) is 2.46. The lowest BCUT2D eigenvalue weighted by Crippen LogP contribution is -2.28. The van der Waals surface area contributed by atoms with Gasteiger partial charge in [-0.3, -0.25) is 10.1 Å². The van der Waals surface area contributed by atoms with Crippen molar-refractivity contribution in [2.45, 2.75) is 6.92 Å². The van der Waals surface area contributed by atoms with E-state index in [9.17, 15) is 10.1 Å². The molecule has 8 heteroatoms. The van der Waals surface area contributed by atoms with E-state index < -0.39 is 4.92 Å². The minimum atomic E-state index is -0.576. The molecule has 0 N–H and O–H groups in total. The molecular weight excluding hydrogens is 248 g/mol. The molecule has 0 fully saturated rings. The van der Waals surface area contributed by atoms with Crippen molar-refractivity contribution >= 4 is 23.1 Å². The van der Waals surface area contributed by atoms with Gasteiger partial charge in [-0.2, -0.15) is 0 Å². The number of halogens is 1. The lowest BCUT2D eigenvalue weighted by molar-refractivity contribution is -0.384. The molecule has 0 amide bonds. The first-order valence-corrected chi connectivity index (χ1v) is 5.38. The fraction of sp³-hybridized carbons (Fsp3) is 0.556. The minimum Gasteiger partial charge on any atom is -0.383 e. The molecule has 0 aliphatic heterocycles. The molecule has 17 heavy (non-hydrogen) atoms. The van der Waals surface area contributed by atoms with E-state index >= 15 is 0 Å². The topological polar surface area (TPSA) is 81.4 Å².